The Morgan fingerprint density at radius 3 is 2.45 bits per heavy atom. The lowest BCUT2D eigenvalue weighted by Crippen LogP contribution is -2.44. The predicted molar refractivity (Wildman–Crippen MR) is 78.7 cm³/mol. The lowest BCUT2D eigenvalue weighted by molar-refractivity contribution is -0.123. The molecular formula is C16H15FN2O3. The Bertz CT molecular complexity index is 689. The summed E-state index contributed by atoms with van der Waals surface area (Å²) in [4.78, 5) is 23.4. The number of carbonyl (C=O) groups is 2. The first-order valence-corrected chi connectivity index (χ1v) is 6.60. The monoisotopic (exact) mass is 302 g/mol. The van der Waals surface area contributed by atoms with Crippen molar-refractivity contribution in [2.24, 2.45) is 0 Å². The molecule has 2 aromatic carbocycles. The smallest absolute Gasteiger partial charge is 0.276 e. The fraction of sp³-hybridized carbons (Fsp3) is 0.125. The molecule has 0 aromatic heterocycles. The average molecular weight is 302 g/mol. The van der Waals surface area contributed by atoms with Gasteiger partial charge in [0.15, 0.2) is 18.2 Å². The minimum absolute atomic E-state index is 0.0251. The summed E-state index contributed by atoms with van der Waals surface area (Å²) in [5.74, 6) is -1.61. The van der Waals surface area contributed by atoms with Crippen LogP contribution in [-0.2, 0) is 4.79 Å². The molecule has 2 N–H and O–H groups in total. The zero-order valence-corrected chi connectivity index (χ0v) is 11.9. The number of halogens is 1. The van der Waals surface area contributed by atoms with Gasteiger partial charge in [-0.05, 0) is 30.7 Å². The fourth-order valence-electron chi connectivity index (χ4n) is 1.76. The van der Waals surface area contributed by atoms with Crippen LogP contribution in [0.3, 0.4) is 0 Å². The topological polar surface area (TPSA) is 67.4 Å². The van der Waals surface area contributed by atoms with E-state index in [4.69, 9.17) is 4.74 Å². The Hall–Kier alpha value is -2.89. The largest absolute Gasteiger partial charge is 0.481 e. The highest BCUT2D eigenvalue weighted by Crippen LogP contribution is 2.14. The second-order valence-corrected chi connectivity index (χ2v) is 4.54. The summed E-state index contributed by atoms with van der Waals surface area (Å²) in [6.45, 7) is 1.38. The molecule has 0 atom stereocenters. The lowest BCUT2D eigenvalue weighted by Gasteiger charge is -2.10. The van der Waals surface area contributed by atoms with E-state index in [0.717, 1.165) is 5.56 Å². The van der Waals surface area contributed by atoms with Gasteiger partial charge >= 0.3 is 0 Å². The number of nitrogens with one attached hydrogen (secondary N) is 2. The summed E-state index contributed by atoms with van der Waals surface area (Å²) in [5, 5.41) is 0. The summed E-state index contributed by atoms with van der Waals surface area (Å²) in [6.07, 6.45) is 0. The van der Waals surface area contributed by atoms with Gasteiger partial charge in [-0.3, -0.25) is 20.4 Å². The van der Waals surface area contributed by atoms with E-state index < -0.39 is 24.2 Å². The molecule has 2 aromatic rings. The van der Waals surface area contributed by atoms with Crippen molar-refractivity contribution in [1.29, 1.82) is 0 Å². The van der Waals surface area contributed by atoms with Crippen molar-refractivity contribution in [2.45, 2.75) is 6.92 Å². The number of benzene rings is 2. The summed E-state index contributed by atoms with van der Waals surface area (Å²) >= 11 is 0. The molecule has 22 heavy (non-hydrogen) atoms. The molecule has 0 radical (unpaired) electrons. The SMILES string of the molecule is Cc1ccccc1C(=O)NNC(=O)COc1ccccc1F. The van der Waals surface area contributed by atoms with Crippen LogP contribution in [0.5, 0.6) is 5.75 Å². The first-order chi connectivity index (χ1) is 10.6. The van der Waals surface area contributed by atoms with Crippen LogP contribution < -0.4 is 15.6 Å². The maximum absolute atomic E-state index is 13.3. The zero-order chi connectivity index (χ0) is 15.9. The van der Waals surface area contributed by atoms with Crippen molar-refractivity contribution >= 4 is 11.8 Å². The Balaban J connectivity index is 1.82. The van der Waals surface area contributed by atoms with Gasteiger partial charge in [-0.25, -0.2) is 4.39 Å². The van der Waals surface area contributed by atoms with Gasteiger partial charge in [0.25, 0.3) is 11.8 Å². The maximum atomic E-state index is 13.3. The van der Waals surface area contributed by atoms with Gasteiger partial charge in [0.1, 0.15) is 0 Å². The first kappa shape index (κ1) is 15.5. The van der Waals surface area contributed by atoms with E-state index in [-0.39, 0.29) is 5.75 Å². The van der Waals surface area contributed by atoms with E-state index in [1.807, 2.05) is 6.07 Å². The number of hydrogen-bond donors (Lipinski definition) is 2. The van der Waals surface area contributed by atoms with E-state index in [0.29, 0.717) is 5.56 Å². The van der Waals surface area contributed by atoms with Gasteiger partial charge in [-0.1, -0.05) is 30.3 Å². The van der Waals surface area contributed by atoms with Gasteiger partial charge in [0.05, 0.1) is 0 Å². The molecule has 0 fully saturated rings. The second kappa shape index (κ2) is 7.21. The van der Waals surface area contributed by atoms with Crippen molar-refractivity contribution in [1.82, 2.24) is 10.9 Å². The number of hydrogen-bond acceptors (Lipinski definition) is 3. The maximum Gasteiger partial charge on any atom is 0.276 e. The van der Waals surface area contributed by atoms with Crippen molar-refractivity contribution in [3.8, 4) is 5.75 Å². The van der Waals surface area contributed by atoms with Crippen LogP contribution in [0.25, 0.3) is 0 Å². The summed E-state index contributed by atoms with van der Waals surface area (Å²) in [5.41, 5.74) is 5.74. The van der Waals surface area contributed by atoms with Crippen molar-refractivity contribution in [3.63, 3.8) is 0 Å². The lowest BCUT2D eigenvalue weighted by atomic mass is 10.1. The number of ether oxygens (including phenoxy) is 1. The van der Waals surface area contributed by atoms with Crippen LogP contribution in [0, 0.1) is 12.7 Å². The van der Waals surface area contributed by atoms with Crippen LogP contribution in [0.15, 0.2) is 48.5 Å². The van der Waals surface area contributed by atoms with E-state index in [9.17, 15) is 14.0 Å². The number of para-hydroxylation sites is 1. The summed E-state index contributed by atoms with van der Waals surface area (Å²) < 4.78 is 18.3. The molecule has 0 aliphatic rings. The van der Waals surface area contributed by atoms with Crippen LogP contribution in [0.1, 0.15) is 15.9 Å². The highest BCUT2D eigenvalue weighted by Gasteiger charge is 2.10. The van der Waals surface area contributed by atoms with Crippen molar-refractivity contribution < 1.29 is 18.7 Å². The second-order valence-electron chi connectivity index (χ2n) is 4.54. The van der Waals surface area contributed by atoms with E-state index in [2.05, 4.69) is 10.9 Å². The third kappa shape index (κ3) is 4.05. The third-order valence-electron chi connectivity index (χ3n) is 2.90. The van der Waals surface area contributed by atoms with Gasteiger partial charge in [-0.15, -0.1) is 0 Å². The van der Waals surface area contributed by atoms with E-state index in [1.54, 1.807) is 31.2 Å². The van der Waals surface area contributed by atoms with Crippen LogP contribution in [0.4, 0.5) is 4.39 Å². The fourth-order valence-corrected chi connectivity index (χ4v) is 1.76. The molecule has 0 spiro atoms. The molecule has 0 saturated heterocycles. The molecule has 0 heterocycles. The molecule has 0 saturated carbocycles. The molecule has 5 nitrogen and oxygen atoms in total. The van der Waals surface area contributed by atoms with Crippen LogP contribution in [0.2, 0.25) is 0 Å². The van der Waals surface area contributed by atoms with Gasteiger partial charge in [0, 0.05) is 5.56 Å². The Kier molecular flexibility index (Phi) is 5.08. The number of rotatable bonds is 4. The molecule has 0 aliphatic carbocycles. The average Bonchev–Trinajstić information content (AvgIpc) is 2.52. The highest BCUT2D eigenvalue weighted by molar-refractivity contribution is 5.96. The Morgan fingerprint density at radius 1 is 1.05 bits per heavy atom. The minimum Gasteiger partial charge on any atom is -0.481 e. The number of aryl methyl sites for hydroxylation is 1. The molecule has 114 valence electrons. The molecular weight excluding hydrogens is 287 g/mol. The molecule has 2 amide bonds. The third-order valence-corrected chi connectivity index (χ3v) is 2.90. The molecule has 2 rings (SSSR count). The first-order valence-electron chi connectivity index (χ1n) is 6.60. The highest BCUT2D eigenvalue weighted by atomic mass is 19.1. The zero-order valence-electron chi connectivity index (χ0n) is 11.9. The summed E-state index contributed by atoms with van der Waals surface area (Å²) in [6, 6.07) is 12.7. The van der Waals surface area contributed by atoms with Crippen molar-refractivity contribution in [3.05, 3.63) is 65.5 Å². The molecule has 0 aliphatic heterocycles. The summed E-state index contributed by atoms with van der Waals surface area (Å²) in [7, 11) is 0. The standard InChI is InChI=1S/C16H15FN2O3/c1-11-6-2-3-7-12(11)16(21)19-18-15(20)10-22-14-9-5-4-8-13(14)17/h2-9H,10H2,1H3,(H,18,20)(H,19,21). The van der Waals surface area contributed by atoms with E-state index in [1.165, 1.54) is 18.2 Å². The predicted octanol–water partition coefficient (Wildman–Crippen LogP) is 1.97. The number of amides is 2. The molecule has 0 bridgehead atoms. The Morgan fingerprint density at radius 2 is 1.73 bits per heavy atom. The number of hydrazine groups is 1. The van der Waals surface area contributed by atoms with Gasteiger partial charge in [0.2, 0.25) is 0 Å². The minimum atomic E-state index is -0.592. The quantitative estimate of drug-likeness (QED) is 0.849. The number of carbonyl (C=O) groups excluding carboxylic acids is 2. The van der Waals surface area contributed by atoms with E-state index >= 15 is 0 Å². The Labute approximate surface area is 127 Å². The van der Waals surface area contributed by atoms with Crippen molar-refractivity contribution in [2.75, 3.05) is 6.61 Å². The van der Waals surface area contributed by atoms with Crippen LogP contribution >= 0.6 is 0 Å². The van der Waals surface area contributed by atoms with Gasteiger partial charge < -0.3 is 4.74 Å². The molecule has 6 heteroatoms. The van der Waals surface area contributed by atoms with Gasteiger partial charge in [-0.2, -0.15) is 0 Å². The normalized spacial score (nSPS) is 9.91. The molecule has 0 unspecified atom stereocenters. The van der Waals surface area contributed by atoms with Crippen LogP contribution in [-0.4, -0.2) is 18.4 Å².